The van der Waals surface area contributed by atoms with Gasteiger partial charge in [0.2, 0.25) is 5.91 Å². The van der Waals surface area contributed by atoms with Crippen LogP contribution in [0.1, 0.15) is 18.4 Å². The fourth-order valence-electron chi connectivity index (χ4n) is 2.14. The highest BCUT2D eigenvalue weighted by atomic mass is 35.5. The van der Waals surface area contributed by atoms with Crippen LogP contribution in [0.4, 0.5) is 5.69 Å². The molecule has 6 nitrogen and oxygen atoms in total. The first-order chi connectivity index (χ1) is 10.2. The van der Waals surface area contributed by atoms with Crippen molar-refractivity contribution < 1.29 is 9.72 Å². The summed E-state index contributed by atoms with van der Waals surface area (Å²) in [5.74, 6) is 1.77. The fraction of sp³-hybridized carbons (Fsp3) is 0.500. The zero-order chi connectivity index (χ0) is 15.1. The van der Waals surface area contributed by atoms with Gasteiger partial charge < -0.3 is 5.32 Å². The van der Waals surface area contributed by atoms with E-state index in [1.807, 2.05) is 0 Å². The number of amides is 1. The number of non-ortho nitro benzene ring substituents is 1. The Balaban J connectivity index is 0.00000242. The summed E-state index contributed by atoms with van der Waals surface area (Å²) in [5, 5.41) is 16.6. The number of carbonyl (C=O) groups excluding carboxylic acids is 1. The summed E-state index contributed by atoms with van der Waals surface area (Å²) in [7, 11) is 0. The molecule has 1 amide bonds. The quantitative estimate of drug-likeness (QED) is 0.449. The molecule has 22 heavy (non-hydrogen) atoms. The van der Waals surface area contributed by atoms with Crippen molar-refractivity contribution in [3.05, 3.63) is 39.9 Å². The predicted octanol–water partition coefficient (Wildman–Crippen LogP) is 2.12. The second-order valence-corrected chi connectivity index (χ2v) is 5.97. The lowest BCUT2D eigenvalue weighted by Crippen LogP contribution is -2.42. The highest BCUT2D eigenvalue weighted by Gasteiger charge is 2.21. The minimum atomic E-state index is -0.394. The molecule has 0 aliphatic carbocycles. The van der Waals surface area contributed by atoms with Gasteiger partial charge >= 0.3 is 0 Å². The first kappa shape index (κ1) is 18.7. The number of nitro benzene ring substituents is 1. The van der Waals surface area contributed by atoms with Gasteiger partial charge in [-0.1, -0.05) is 12.1 Å². The molecule has 1 aromatic rings. The van der Waals surface area contributed by atoms with Crippen molar-refractivity contribution in [1.82, 2.24) is 10.6 Å². The molecule has 1 aliphatic rings. The SMILES string of the molecule is Cl.O=C(NCCCCc1ccc([N+](=O)[O-])cc1)C1CSCN1. The summed E-state index contributed by atoms with van der Waals surface area (Å²) in [4.78, 5) is 21.9. The van der Waals surface area contributed by atoms with Gasteiger partial charge in [0, 0.05) is 30.3 Å². The number of hydrogen-bond acceptors (Lipinski definition) is 5. The number of halogens is 1. The van der Waals surface area contributed by atoms with Crippen molar-refractivity contribution >= 4 is 35.8 Å². The highest BCUT2D eigenvalue weighted by molar-refractivity contribution is 7.99. The van der Waals surface area contributed by atoms with Crippen LogP contribution in [0.5, 0.6) is 0 Å². The maximum atomic E-state index is 11.7. The third-order valence-corrected chi connectivity index (χ3v) is 4.31. The molecular weight excluding hydrogens is 326 g/mol. The number of nitrogens with one attached hydrogen (secondary N) is 2. The number of hydrogen-bond donors (Lipinski definition) is 2. The molecule has 122 valence electrons. The monoisotopic (exact) mass is 345 g/mol. The molecule has 1 aromatic carbocycles. The Labute approximate surface area is 140 Å². The first-order valence-electron chi connectivity index (χ1n) is 6.99. The van der Waals surface area contributed by atoms with Crippen LogP contribution in [-0.4, -0.2) is 35.0 Å². The van der Waals surface area contributed by atoms with Crippen LogP contribution in [0.15, 0.2) is 24.3 Å². The standard InChI is InChI=1S/C14H19N3O3S.ClH/c18-14(13-9-21-10-16-13)15-8-2-1-3-11-4-6-12(7-5-11)17(19)20;/h4-7,13,16H,1-3,8-10H2,(H,15,18);1H. The second kappa shape index (κ2) is 9.66. The molecule has 1 saturated heterocycles. The molecule has 2 N–H and O–H groups in total. The molecular formula is C14H20ClN3O3S. The zero-order valence-corrected chi connectivity index (χ0v) is 13.8. The van der Waals surface area contributed by atoms with E-state index in [4.69, 9.17) is 0 Å². The molecule has 1 aliphatic heterocycles. The van der Waals surface area contributed by atoms with Gasteiger partial charge in [-0.15, -0.1) is 24.2 Å². The molecule has 8 heteroatoms. The minimum absolute atomic E-state index is 0. The average Bonchev–Trinajstić information content (AvgIpc) is 3.01. The Morgan fingerprint density at radius 2 is 2.09 bits per heavy atom. The molecule has 0 aromatic heterocycles. The largest absolute Gasteiger partial charge is 0.355 e. The Morgan fingerprint density at radius 3 is 2.68 bits per heavy atom. The fourth-order valence-corrected chi connectivity index (χ4v) is 3.08. The van der Waals surface area contributed by atoms with Gasteiger partial charge in [-0.25, -0.2) is 0 Å². The smallest absolute Gasteiger partial charge is 0.269 e. The van der Waals surface area contributed by atoms with Crippen LogP contribution in [0.3, 0.4) is 0 Å². The minimum Gasteiger partial charge on any atom is -0.355 e. The summed E-state index contributed by atoms with van der Waals surface area (Å²) in [5.41, 5.74) is 1.20. The second-order valence-electron chi connectivity index (χ2n) is 4.94. The van der Waals surface area contributed by atoms with Gasteiger partial charge in [0.1, 0.15) is 0 Å². The number of benzene rings is 1. The number of thioether (sulfide) groups is 1. The van der Waals surface area contributed by atoms with Gasteiger partial charge in [0.15, 0.2) is 0 Å². The van der Waals surface area contributed by atoms with Crippen molar-refractivity contribution in [1.29, 1.82) is 0 Å². The number of carbonyl (C=O) groups is 1. The third kappa shape index (κ3) is 5.82. The summed E-state index contributed by atoms with van der Waals surface area (Å²) >= 11 is 1.73. The lowest BCUT2D eigenvalue weighted by Gasteiger charge is -2.10. The topological polar surface area (TPSA) is 84.3 Å². The molecule has 0 radical (unpaired) electrons. The summed E-state index contributed by atoms with van der Waals surface area (Å²) in [6, 6.07) is 6.58. The van der Waals surface area contributed by atoms with Gasteiger partial charge in [0.05, 0.1) is 11.0 Å². The van der Waals surface area contributed by atoms with E-state index in [-0.39, 0.29) is 30.0 Å². The Hall–Kier alpha value is -1.31. The third-order valence-electron chi connectivity index (χ3n) is 3.37. The zero-order valence-electron chi connectivity index (χ0n) is 12.1. The molecule has 0 spiro atoms. The Morgan fingerprint density at radius 1 is 1.36 bits per heavy atom. The molecule has 1 atom stereocenters. The lowest BCUT2D eigenvalue weighted by molar-refractivity contribution is -0.384. The summed E-state index contributed by atoms with van der Waals surface area (Å²) < 4.78 is 0. The van der Waals surface area contributed by atoms with Crippen LogP contribution in [0.25, 0.3) is 0 Å². The van der Waals surface area contributed by atoms with Crippen LogP contribution < -0.4 is 10.6 Å². The van der Waals surface area contributed by atoms with E-state index in [1.165, 1.54) is 12.1 Å². The maximum absolute atomic E-state index is 11.7. The van der Waals surface area contributed by atoms with E-state index in [0.29, 0.717) is 6.54 Å². The molecule has 0 saturated carbocycles. The molecule has 2 rings (SSSR count). The Kier molecular flexibility index (Phi) is 8.22. The number of nitrogens with zero attached hydrogens (tertiary/aromatic N) is 1. The highest BCUT2D eigenvalue weighted by Crippen LogP contribution is 2.13. The van der Waals surface area contributed by atoms with E-state index in [2.05, 4.69) is 10.6 Å². The van der Waals surface area contributed by atoms with Crippen molar-refractivity contribution in [2.24, 2.45) is 0 Å². The van der Waals surface area contributed by atoms with Gasteiger partial charge in [-0.3, -0.25) is 20.2 Å². The van der Waals surface area contributed by atoms with Crippen LogP contribution in [-0.2, 0) is 11.2 Å². The van der Waals surface area contributed by atoms with E-state index in [9.17, 15) is 14.9 Å². The van der Waals surface area contributed by atoms with E-state index in [0.717, 1.165) is 36.5 Å². The maximum Gasteiger partial charge on any atom is 0.269 e. The Bertz CT molecular complexity index is 493. The molecule has 1 unspecified atom stereocenters. The first-order valence-corrected chi connectivity index (χ1v) is 8.14. The normalized spacial score (nSPS) is 16.8. The van der Waals surface area contributed by atoms with E-state index in [1.54, 1.807) is 23.9 Å². The molecule has 0 bridgehead atoms. The number of nitro groups is 1. The summed E-state index contributed by atoms with van der Waals surface area (Å²) in [6.07, 6.45) is 2.72. The van der Waals surface area contributed by atoms with Crippen molar-refractivity contribution in [3.8, 4) is 0 Å². The van der Waals surface area contributed by atoms with Crippen LogP contribution in [0, 0.1) is 10.1 Å². The summed E-state index contributed by atoms with van der Waals surface area (Å²) in [6.45, 7) is 0.675. The predicted molar refractivity (Wildman–Crippen MR) is 90.5 cm³/mol. The lowest BCUT2D eigenvalue weighted by atomic mass is 10.1. The average molecular weight is 346 g/mol. The van der Waals surface area contributed by atoms with E-state index < -0.39 is 4.92 Å². The van der Waals surface area contributed by atoms with Crippen molar-refractivity contribution in [3.63, 3.8) is 0 Å². The van der Waals surface area contributed by atoms with Gasteiger partial charge in [0.25, 0.3) is 5.69 Å². The van der Waals surface area contributed by atoms with Crippen LogP contribution in [0.2, 0.25) is 0 Å². The number of unbranched alkanes of at least 4 members (excludes halogenated alkanes) is 1. The molecule has 1 heterocycles. The van der Waals surface area contributed by atoms with Crippen molar-refractivity contribution in [2.75, 3.05) is 18.2 Å². The van der Waals surface area contributed by atoms with Crippen LogP contribution >= 0.6 is 24.2 Å². The van der Waals surface area contributed by atoms with Gasteiger partial charge in [-0.2, -0.15) is 0 Å². The number of rotatable bonds is 7. The number of aryl methyl sites for hydroxylation is 1. The van der Waals surface area contributed by atoms with Gasteiger partial charge in [-0.05, 0) is 24.8 Å². The molecule has 1 fully saturated rings. The van der Waals surface area contributed by atoms with E-state index >= 15 is 0 Å². The van der Waals surface area contributed by atoms with Crippen molar-refractivity contribution in [2.45, 2.75) is 25.3 Å².